The number of amides is 1. The second kappa shape index (κ2) is 4.40. The summed E-state index contributed by atoms with van der Waals surface area (Å²) in [5.74, 6) is 1.06. The van der Waals surface area contributed by atoms with Crippen LogP contribution in [-0.2, 0) is 4.79 Å². The molecule has 1 saturated carbocycles. The van der Waals surface area contributed by atoms with Gasteiger partial charge in [0.2, 0.25) is 5.91 Å². The highest BCUT2D eigenvalue weighted by Gasteiger charge is 2.24. The summed E-state index contributed by atoms with van der Waals surface area (Å²) in [6.45, 7) is 6.03. The van der Waals surface area contributed by atoms with E-state index < -0.39 is 0 Å². The lowest BCUT2D eigenvalue weighted by atomic mass is 10.1. The smallest absolute Gasteiger partial charge is 0.240 e. The van der Waals surface area contributed by atoms with Crippen molar-refractivity contribution in [2.45, 2.75) is 40.0 Å². The normalized spacial score (nSPS) is 17.7. The predicted octanol–water partition coefficient (Wildman–Crippen LogP) is 1.93. The fourth-order valence-corrected chi connectivity index (χ4v) is 1.16. The lowest BCUT2D eigenvalue weighted by molar-refractivity contribution is -0.121. The molecule has 0 heterocycles. The second-order valence-corrected chi connectivity index (χ2v) is 4.16. The van der Waals surface area contributed by atoms with Crippen molar-refractivity contribution in [2.24, 2.45) is 16.9 Å². The average Bonchev–Trinajstić information content (AvgIpc) is 2.80. The van der Waals surface area contributed by atoms with E-state index >= 15 is 0 Å². The minimum Gasteiger partial charge on any atom is -0.273 e. The van der Waals surface area contributed by atoms with Crippen molar-refractivity contribution in [3.63, 3.8) is 0 Å². The SMILES string of the molecule is CC(=NNC(=O)CC(C)C)C1CC1. The Hall–Kier alpha value is -0.860. The molecule has 1 N–H and O–H groups in total. The Morgan fingerprint density at radius 3 is 2.62 bits per heavy atom. The van der Waals surface area contributed by atoms with E-state index in [0.717, 1.165) is 5.71 Å². The van der Waals surface area contributed by atoms with Crippen molar-refractivity contribution >= 4 is 11.6 Å². The maximum absolute atomic E-state index is 11.2. The van der Waals surface area contributed by atoms with Gasteiger partial charge in [0.05, 0.1) is 0 Å². The number of hydrazone groups is 1. The van der Waals surface area contributed by atoms with Crippen LogP contribution in [0.15, 0.2) is 5.10 Å². The van der Waals surface area contributed by atoms with Gasteiger partial charge in [-0.05, 0) is 31.6 Å². The molecule has 74 valence electrons. The van der Waals surface area contributed by atoms with Crippen molar-refractivity contribution in [1.82, 2.24) is 5.43 Å². The topological polar surface area (TPSA) is 41.5 Å². The Kier molecular flexibility index (Phi) is 3.46. The molecular formula is C10H18N2O. The molecule has 1 amide bonds. The first-order valence-corrected chi connectivity index (χ1v) is 4.92. The molecule has 3 heteroatoms. The van der Waals surface area contributed by atoms with Crippen LogP contribution in [-0.4, -0.2) is 11.6 Å². The predicted molar refractivity (Wildman–Crippen MR) is 53.4 cm³/mol. The van der Waals surface area contributed by atoms with E-state index in [0.29, 0.717) is 18.3 Å². The molecule has 0 spiro atoms. The summed E-state index contributed by atoms with van der Waals surface area (Å²) >= 11 is 0. The summed E-state index contributed by atoms with van der Waals surface area (Å²) in [6.07, 6.45) is 3.02. The highest BCUT2D eigenvalue weighted by molar-refractivity contribution is 5.87. The highest BCUT2D eigenvalue weighted by Crippen LogP contribution is 2.30. The van der Waals surface area contributed by atoms with E-state index in [9.17, 15) is 4.79 Å². The molecule has 3 nitrogen and oxygen atoms in total. The largest absolute Gasteiger partial charge is 0.273 e. The van der Waals surface area contributed by atoms with E-state index in [2.05, 4.69) is 10.5 Å². The molecule has 0 saturated heterocycles. The maximum Gasteiger partial charge on any atom is 0.240 e. The van der Waals surface area contributed by atoms with Gasteiger partial charge in [0.25, 0.3) is 0 Å². The zero-order valence-electron chi connectivity index (χ0n) is 8.63. The Morgan fingerprint density at radius 2 is 2.15 bits per heavy atom. The number of carbonyl (C=O) groups excluding carboxylic acids is 1. The lowest BCUT2D eigenvalue weighted by Gasteiger charge is -2.03. The van der Waals surface area contributed by atoms with E-state index in [1.165, 1.54) is 12.8 Å². The summed E-state index contributed by atoms with van der Waals surface area (Å²) < 4.78 is 0. The van der Waals surface area contributed by atoms with E-state index in [1.807, 2.05) is 20.8 Å². The maximum atomic E-state index is 11.2. The molecule has 13 heavy (non-hydrogen) atoms. The van der Waals surface area contributed by atoms with Gasteiger partial charge in [0.15, 0.2) is 0 Å². The van der Waals surface area contributed by atoms with Gasteiger partial charge < -0.3 is 0 Å². The number of hydrogen-bond acceptors (Lipinski definition) is 2. The van der Waals surface area contributed by atoms with Gasteiger partial charge in [0, 0.05) is 12.1 Å². The third-order valence-corrected chi connectivity index (χ3v) is 2.12. The van der Waals surface area contributed by atoms with Gasteiger partial charge in [-0.25, -0.2) is 5.43 Å². The fraction of sp³-hybridized carbons (Fsp3) is 0.800. The molecule has 0 aromatic heterocycles. The van der Waals surface area contributed by atoms with Gasteiger partial charge in [-0.15, -0.1) is 0 Å². The lowest BCUT2D eigenvalue weighted by Crippen LogP contribution is -2.20. The van der Waals surface area contributed by atoms with Gasteiger partial charge in [-0.2, -0.15) is 5.10 Å². The molecule has 0 aliphatic heterocycles. The average molecular weight is 182 g/mol. The van der Waals surface area contributed by atoms with Crippen molar-refractivity contribution in [3.05, 3.63) is 0 Å². The summed E-state index contributed by atoms with van der Waals surface area (Å²) in [4.78, 5) is 11.2. The first kappa shape index (κ1) is 10.2. The number of carbonyl (C=O) groups is 1. The van der Waals surface area contributed by atoms with Crippen LogP contribution in [0.4, 0.5) is 0 Å². The van der Waals surface area contributed by atoms with Crippen LogP contribution < -0.4 is 5.43 Å². The Morgan fingerprint density at radius 1 is 1.54 bits per heavy atom. The minimum absolute atomic E-state index is 0.0231. The number of nitrogens with one attached hydrogen (secondary N) is 1. The van der Waals surface area contributed by atoms with Crippen LogP contribution in [0.3, 0.4) is 0 Å². The third-order valence-electron chi connectivity index (χ3n) is 2.12. The van der Waals surface area contributed by atoms with Crippen molar-refractivity contribution in [1.29, 1.82) is 0 Å². The first-order valence-electron chi connectivity index (χ1n) is 4.92. The first-order chi connectivity index (χ1) is 6.09. The zero-order chi connectivity index (χ0) is 9.84. The molecule has 1 aliphatic rings. The standard InChI is InChI=1S/C10H18N2O/c1-7(2)6-10(13)12-11-8(3)9-4-5-9/h7,9H,4-6H2,1-3H3,(H,12,13). The van der Waals surface area contributed by atoms with Crippen LogP contribution in [0, 0.1) is 11.8 Å². The Balaban J connectivity index is 2.23. The molecule has 0 bridgehead atoms. The molecule has 0 radical (unpaired) electrons. The van der Waals surface area contributed by atoms with Crippen molar-refractivity contribution < 1.29 is 4.79 Å². The molecule has 0 atom stereocenters. The minimum atomic E-state index is 0.0231. The van der Waals surface area contributed by atoms with Crippen molar-refractivity contribution in [2.75, 3.05) is 0 Å². The highest BCUT2D eigenvalue weighted by atomic mass is 16.2. The van der Waals surface area contributed by atoms with Crippen molar-refractivity contribution in [3.8, 4) is 0 Å². The summed E-state index contributed by atoms with van der Waals surface area (Å²) in [5, 5.41) is 4.06. The molecule has 0 aromatic carbocycles. The number of rotatable bonds is 4. The molecule has 0 unspecified atom stereocenters. The van der Waals surface area contributed by atoms with Gasteiger partial charge in [-0.1, -0.05) is 13.8 Å². The fourth-order valence-electron chi connectivity index (χ4n) is 1.16. The molecule has 1 rings (SSSR count). The van der Waals surface area contributed by atoms with Gasteiger partial charge >= 0.3 is 0 Å². The summed E-state index contributed by atoms with van der Waals surface area (Å²) in [6, 6.07) is 0. The Labute approximate surface area is 79.6 Å². The van der Waals surface area contributed by atoms with Crippen LogP contribution in [0.2, 0.25) is 0 Å². The van der Waals surface area contributed by atoms with Gasteiger partial charge in [-0.3, -0.25) is 4.79 Å². The molecular weight excluding hydrogens is 164 g/mol. The molecule has 1 aliphatic carbocycles. The van der Waals surface area contributed by atoms with Gasteiger partial charge in [0.1, 0.15) is 0 Å². The third kappa shape index (κ3) is 4.06. The number of hydrogen-bond donors (Lipinski definition) is 1. The van der Waals surface area contributed by atoms with E-state index in [1.54, 1.807) is 0 Å². The Bertz CT molecular complexity index is 217. The number of nitrogens with zero attached hydrogens (tertiary/aromatic N) is 1. The van der Waals surface area contributed by atoms with E-state index in [4.69, 9.17) is 0 Å². The molecule has 0 aromatic rings. The quantitative estimate of drug-likeness (QED) is 0.524. The summed E-state index contributed by atoms with van der Waals surface area (Å²) in [5.41, 5.74) is 3.65. The van der Waals surface area contributed by atoms with Crippen LogP contribution >= 0.6 is 0 Å². The summed E-state index contributed by atoms with van der Waals surface area (Å²) in [7, 11) is 0. The second-order valence-electron chi connectivity index (χ2n) is 4.16. The molecule has 1 fully saturated rings. The van der Waals surface area contributed by atoms with E-state index in [-0.39, 0.29) is 5.91 Å². The monoisotopic (exact) mass is 182 g/mol. The van der Waals surface area contributed by atoms with Crippen LogP contribution in [0.25, 0.3) is 0 Å². The zero-order valence-corrected chi connectivity index (χ0v) is 8.63. The van der Waals surface area contributed by atoms with Crippen LogP contribution in [0.5, 0.6) is 0 Å². The van der Waals surface area contributed by atoms with Crippen LogP contribution in [0.1, 0.15) is 40.0 Å².